The lowest BCUT2D eigenvalue weighted by Gasteiger charge is -2.28. The van der Waals surface area contributed by atoms with Crippen molar-refractivity contribution >= 4 is 0 Å². The minimum Gasteiger partial charge on any atom is -0.375 e. The fourth-order valence-electron chi connectivity index (χ4n) is 2.56. The van der Waals surface area contributed by atoms with E-state index in [0.29, 0.717) is 0 Å². The van der Waals surface area contributed by atoms with E-state index in [2.05, 4.69) is 42.3 Å². The molecule has 3 heteroatoms. The normalized spacial score (nSPS) is 13.9. The van der Waals surface area contributed by atoms with Gasteiger partial charge in [-0.1, -0.05) is 43.3 Å². The molecule has 1 N–H and O–H groups in total. The van der Waals surface area contributed by atoms with Crippen LogP contribution in [0.2, 0.25) is 0 Å². The van der Waals surface area contributed by atoms with Crippen molar-refractivity contribution in [2.75, 3.05) is 13.7 Å². The summed E-state index contributed by atoms with van der Waals surface area (Å²) in [5, 5.41) is 3.60. The largest absolute Gasteiger partial charge is 0.375 e. The van der Waals surface area contributed by atoms with Crippen LogP contribution in [-0.2, 0) is 4.74 Å². The highest BCUT2D eigenvalue weighted by atomic mass is 16.5. The van der Waals surface area contributed by atoms with Gasteiger partial charge in [0.15, 0.2) is 0 Å². The smallest absolute Gasteiger partial charge is 0.102 e. The summed E-state index contributed by atoms with van der Waals surface area (Å²) in [6.45, 7) is 5.19. The molecule has 0 radical (unpaired) electrons. The van der Waals surface area contributed by atoms with Gasteiger partial charge >= 0.3 is 0 Å². The molecule has 21 heavy (non-hydrogen) atoms. The van der Waals surface area contributed by atoms with Crippen LogP contribution in [0.1, 0.15) is 42.2 Å². The maximum absolute atomic E-state index is 5.80. The molecule has 0 saturated carbocycles. The number of nitrogens with zero attached hydrogens (tertiary/aromatic N) is 1. The molecule has 0 fully saturated rings. The Labute approximate surface area is 127 Å². The number of pyridine rings is 1. The Kier molecular flexibility index (Phi) is 5.90. The minimum atomic E-state index is -0.0265. The molecule has 0 aliphatic rings. The van der Waals surface area contributed by atoms with Crippen molar-refractivity contribution in [3.8, 4) is 0 Å². The quantitative estimate of drug-likeness (QED) is 0.839. The van der Waals surface area contributed by atoms with Crippen LogP contribution in [-0.4, -0.2) is 18.6 Å². The van der Waals surface area contributed by atoms with Gasteiger partial charge in [-0.05, 0) is 36.6 Å². The maximum Gasteiger partial charge on any atom is 0.102 e. The van der Waals surface area contributed by atoms with Crippen LogP contribution in [0.25, 0.3) is 0 Å². The third kappa shape index (κ3) is 4.13. The van der Waals surface area contributed by atoms with Crippen LogP contribution in [0.5, 0.6) is 0 Å². The molecule has 1 aromatic heterocycles. The van der Waals surface area contributed by atoms with Crippen molar-refractivity contribution in [3.63, 3.8) is 0 Å². The van der Waals surface area contributed by atoms with Gasteiger partial charge in [0.2, 0.25) is 0 Å². The number of aromatic nitrogens is 1. The van der Waals surface area contributed by atoms with Crippen LogP contribution in [0, 0.1) is 6.92 Å². The molecule has 1 heterocycles. The molecule has 0 bridgehead atoms. The Morgan fingerprint density at radius 3 is 2.52 bits per heavy atom. The van der Waals surface area contributed by atoms with E-state index in [1.807, 2.05) is 30.6 Å². The second-order valence-electron chi connectivity index (χ2n) is 5.29. The lowest BCUT2D eigenvalue weighted by molar-refractivity contribution is 0.0675. The molecule has 2 rings (SSSR count). The minimum absolute atomic E-state index is 0.0265. The van der Waals surface area contributed by atoms with E-state index in [0.717, 1.165) is 13.0 Å². The highest BCUT2D eigenvalue weighted by Crippen LogP contribution is 2.31. The lowest BCUT2D eigenvalue weighted by Crippen LogP contribution is -2.29. The summed E-state index contributed by atoms with van der Waals surface area (Å²) in [5.74, 6) is 0. The Morgan fingerprint density at radius 1 is 1.14 bits per heavy atom. The first-order valence-corrected chi connectivity index (χ1v) is 7.49. The Balaban J connectivity index is 2.33. The van der Waals surface area contributed by atoms with E-state index < -0.39 is 0 Å². The van der Waals surface area contributed by atoms with Gasteiger partial charge in [-0.15, -0.1) is 0 Å². The molecule has 2 aromatic rings. The first-order valence-electron chi connectivity index (χ1n) is 7.49. The van der Waals surface area contributed by atoms with E-state index >= 15 is 0 Å². The summed E-state index contributed by atoms with van der Waals surface area (Å²) >= 11 is 0. The number of aryl methyl sites for hydroxylation is 1. The Morgan fingerprint density at radius 2 is 1.90 bits per heavy atom. The molecule has 1 aromatic carbocycles. The zero-order valence-electron chi connectivity index (χ0n) is 13.0. The topological polar surface area (TPSA) is 34.2 Å². The molecule has 2 atom stereocenters. The van der Waals surface area contributed by atoms with Crippen LogP contribution < -0.4 is 5.32 Å². The molecular formula is C18H24N2O. The molecule has 3 nitrogen and oxygen atoms in total. The number of hydrogen-bond acceptors (Lipinski definition) is 3. The average Bonchev–Trinajstić information content (AvgIpc) is 2.52. The predicted octanol–water partition coefficient (Wildman–Crippen LogP) is 3.82. The van der Waals surface area contributed by atoms with E-state index in [1.54, 1.807) is 7.11 Å². The molecule has 2 unspecified atom stereocenters. The van der Waals surface area contributed by atoms with Crippen LogP contribution in [0.15, 0.2) is 48.8 Å². The van der Waals surface area contributed by atoms with E-state index in [4.69, 9.17) is 4.74 Å². The molecule has 0 spiro atoms. The lowest BCUT2D eigenvalue weighted by atomic mass is 9.96. The highest BCUT2D eigenvalue weighted by Gasteiger charge is 2.24. The number of nitrogens with one attached hydrogen (secondary N) is 1. The number of hydrogen-bond donors (Lipinski definition) is 1. The summed E-state index contributed by atoms with van der Waals surface area (Å²) in [5.41, 5.74) is 3.51. The van der Waals surface area contributed by atoms with Crippen molar-refractivity contribution in [2.45, 2.75) is 32.4 Å². The summed E-state index contributed by atoms with van der Waals surface area (Å²) in [7, 11) is 1.77. The molecule has 112 valence electrons. The summed E-state index contributed by atoms with van der Waals surface area (Å²) in [6, 6.07) is 12.6. The van der Waals surface area contributed by atoms with E-state index in [-0.39, 0.29) is 12.1 Å². The third-order valence-corrected chi connectivity index (χ3v) is 3.55. The second kappa shape index (κ2) is 7.91. The van der Waals surface area contributed by atoms with Gasteiger partial charge in [0.25, 0.3) is 0 Å². The fourth-order valence-corrected chi connectivity index (χ4v) is 2.56. The molecule has 0 amide bonds. The number of methoxy groups -OCH3 is 1. The van der Waals surface area contributed by atoms with E-state index in [9.17, 15) is 0 Å². The number of benzene rings is 1. The van der Waals surface area contributed by atoms with Crippen molar-refractivity contribution in [1.82, 2.24) is 10.3 Å². The fraction of sp³-hybridized carbons (Fsp3) is 0.389. The standard InChI is InChI=1S/C18H24N2O/c1-4-10-20-17(16-11-14(2)12-19-13-16)18(21-3)15-8-6-5-7-9-15/h5-9,11-13,17-18,20H,4,10H2,1-3H3. The van der Waals surface area contributed by atoms with Crippen LogP contribution in [0.3, 0.4) is 0 Å². The van der Waals surface area contributed by atoms with Crippen molar-refractivity contribution in [2.24, 2.45) is 0 Å². The van der Waals surface area contributed by atoms with Gasteiger partial charge in [-0.25, -0.2) is 0 Å². The van der Waals surface area contributed by atoms with Gasteiger partial charge in [0.1, 0.15) is 6.10 Å². The summed E-state index contributed by atoms with van der Waals surface area (Å²) < 4.78 is 5.80. The van der Waals surface area contributed by atoms with Gasteiger partial charge in [-0.2, -0.15) is 0 Å². The van der Waals surface area contributed by atoms with Gasteiger partial charge in [0, 0.05) is 19.5 Å². The maximum atomic E-state index is 5.80. The zero-order valence-corrected chi connectivity index (χ0v) is 13.0. The Bertz CT molecular complexity index is 542. The SMILES string of the molecule is CCCNC(c1cncc(C)c1)C(OC)c1ccccc1. The molecular weight excluding hydrogens is 260 g/mol. The predicted molar refractivity (Wildman–Crippen MR) is 86.2 cm³/mol. The first-order chi connectivity index (χ1) is 10.3. The Hall–Kier alpha value is -1.71. The van der Waals surface area contributed by atoms with E-state index in [1.165, 1.54) is 16.7 Å². The van der Waals surface area contributed by atoms with Crippen molar-refractivity contribution in [1.29, 1.82) is 0 Å². The van der Waals surface area contributed by atoms with Crippen LogP contribution >= 0.6 is 0 Å². The highest BCUT2D eigenvalue weighted by molar-refractivity contribution is 5.26. The summed E-state index contributed by atoms with van der Waals surface area (Å²) in [6.07, 6.45) is 4.86. The third-order valence-electron chi connectivity index (χ3n) is 3.55. The average molecular weight is 284 g/mol. The van der Waals surface area contributed by atoms with Crippen molar-refractivity contribution in [3.05, 3.63) is 65.5 Å². The van der Waals surface area contributed by atoms with Gasteiger partial charge in [-0.3, -0.25) is 4.98 Å². The zero-order chi connectivity index (χ0) is 15.1. The van der Waals surface area contributed by atoms with Gasteiger partial charge < -0.3 is 10.1 Å². The molecule has 0 aliphatic heterocycles. The monoisotopic (exact) mass is 284 g/mol. The van der Waals surface area contributed by atoms with Crippen LogP contribution in [0.4, 0.5) is 0 Å². The molecule has 0 aliphatic carbocycles. The van der Waals surface area contributed by atoms with Gasteiger partial charge in [0.05, 0.1) is 6.04 Å². The second-order valence-corrected chi connectivity index (χ2v) is 5.29. The number of ether oxygens (including phenoxy) is 1. The number of rotatable bonds is 7. The van der Waals surface area contributed by atoms with Crippen molar-refractivity contribution < 1.29 is 4.74 Å². The molecule has 0 saturated heterocycles. The first kappa shape index (κ1) is 15.7. The summed E-state index contributed by atoms with van der Waals surface area (Å²) in [4.78, 5) is 4.33.